The zero-order chi connectivity index (χ0) is 12.8. The molecule has 0 radical (unpaired) electrons. The van der Waals surface area contributed by atoms with Gasteiger partial charge in [-0.1, -0.05) is 12.1 Å². The molecule has 1 aromatic rings. The van der Waals surface area contributed by atoms with Crippen LogP contribution in [0.1, 0.15) is 40.0 Å². The van der Waals surface area contributed by atoms with E-state index in [4.69, 9.17) is 5.26 Å². The predicted molar refractivity (Wildman–Crippen MR) is 63.7 cm³/mol. The summed E-state index contributed by atoms with van der Waals surface area (Å²) in [4.78, 5) is 25.6. The molecule has 0 aromatic heterocycles. The van der Waals surface area contributed by atoms with Gasteiger partial charge in [-0.15, -0.1) is 0 Å². The van der Waals surface area contributed by atoms with Gasteiger partial charge in [-0.05, 0) is 25.0 Å². The number of carbonyl (C=O) groups excluding carboxylic acids is 2. The monoisotopic (exact) mass is 240 g/mol. The SMILES string of the molecule is N#CCC1(CN2C(=O)c3ccccc3C2=O)CC1. The lowest BCUT2D eigenvalue weighted by Crippen LogP contribution is -2.35. The summed E-state index contributed by atoms with van der Waals surface area (Å²) in [5, 5.41) is 8.78. The van der Waals surface area contributed by atoms with E-state index >= 15 is 0 Å². The van der Waals surface area contributed by atoms with Crippen molar-refractivity contribution in [1.82, 2.24) is 4.90 Å². The van der Waals surface area contributed by atoms with Gasteiger partial charge in [0, 0.05) is 18.4 Å². The van der Waals surface area contributed by atoms with Crippen LogP contribution in [0.2, 0.25) is 0 Å². The number of fused-ring (bicyclic) bond motifs is 1. The van der Waals surface area contributed by atoms with Crippen molar-refractivity contribution in [3.05, 3.63) is 35.4 Å². The van der Waals surface area contributed by atoms with Gasteiger partial charge in [-0.3, -0.25) is 14.5 Å². The van der Waals surface area contributed by atoms with E-state index < -0.39 is 0 Å². The maximum Gasteiger partial charge on any atom is 0.261 e. The van der Waals surface area contributed by atoms with Crippen LogP contribution in [0.5, 0.6) is 0 Å². The van der Waals surface area contributed by atoms with Crippen molar-refractivity contribution in [2.24, 2.45) is 5.41 Å². The first-order chi connectivity index (χ1) is 8.67. The van der Waals surface area contributed by atoms with E-state index in [2.05, 4.69) is 6.07 Å². The molecule has 1 aromatic carbocycles. The van der Waals surface area contributed by atoms with Crippen molar-refractivity contribution in [3.63, 3.8) is 0 Å². The molecular weight excluding hydrogens is 228 g/mol. The molecular formula is C14H12N2O2. The molecule has 3 rings (SSSR count). The van der Waals surface area contributed by atoms with E-state index in [1.807, 2.05) is 0 Å². The molecule has 4 heteroatoms. The summed E-state index contributed by atoms with van der Waals surface area (Å²) < 4.78 is 0. The number of nitriles is 1. The number of nitrogens with zero attached hydrogens (tertiary/aromatic N) is 2. The molecule has 1 heterocycles. The first-order valence-electron chi connectivity index (χ1n) is 5.99. The van der Waals surface area contributed by atoms with E-state index in [9.17, 15) is 9.59 Å². The summed E-state index contributed by atoms with van der Waals surface area (Å²) in [6, 6.07) is 9.03. The normalized spacial score (nSPS) is 19.6. The lowest BCUT2D eigenvalue weighted by atomic mass is 10.0. The number of rotatable bonds is 3. The zero-order valence-electron chi connectivity index (χ0n) is 9.85. The molecule has 90 valence electrons. The molecule has 0 bridgehead atoms. The average molecular weight is 240 g/mol. The third-order valence-corrected chi connectivity index (χ3v) is 3.78. The molecule has 0 unspecified atom stereocenters. The molecule has 1 saturated carbocycles. The van der Waals surface area contributed by atoms with Gasteiger partial charge in [0.15, 0.2) is 0 Å². The van der Waals surface area contributed by atoms with Crippen LogP contribution in [-0.4, -0.2) is 23.3 Å². The van der Waals surface area contributed by atoms with Crippen LogP contribution in [0.3, 0.4) is 0 Å². The van der Waals surface area contributed by atoms with Gasteiger partial charge in [0.05, 0.1) is 17.2 Å². The van der Waals surface area contributed by atoms with Crippen LogP contribution < -0.4 is 0 Å². The second-order valence-electron chi connectivity index (χ2n) is 5.08. The Morgan fingerprint density at radius 1 is 1.17 bits per heavy atom. The summed E-state index contributed by atoms with van der Waals surface area (Å²) in [6.45, 7) is 0.382. The quantitative estimate of drug-likeness (QED) is 0.759. The van der Waals surface area contributed by atoms with E-state index in [1.54, 1.807) is 24.3 Å². The Kier molecular flexibility index (Phi) is 2.24. The van der Waals surface area contributed by atoms with Crippen molar-refractivity contribution in [2.75, 3.05) is 6.54 Å². The minimum atomic E-state index is -0.222. The standard InChI is InChI=1S/C14H12N2O2/c15-8-7-14(5-6-14)9-16-12(17)10-3-1-2-4-11(10)13(16)18/h1-4H,5-7,9H2. The maximum absolute atomic E-state index is 12.1. The fraction of sp³-hybridized carbons (Fsp3) is 0.357. The number of amides is 2. The number of hydrogen-bond acceptors (Lipinski definition) is 3. The summed E-state index contributed by atoms with van der Waals surface area (Å²) in [5.41, 5.74) is 0.827. The van der Waals surface area contributed by atoms with Crippen LogP contribution >= 0.6 is 0 Å². The summed E-state index contributed by atoms with van der Waals surface area (Å²) in [7, 11) is 0. The number of benzene rings is 1. The smallest absolute Gasteiger partial charge is 0.261 e. The van der Waals surface area contributed by atoms with Crippen molar-refractivity contribution in [2.45, 2.75) is 19.3 Å². The summed E-state index contributed by atoms with van der Waals surface area (Å²) in [6.07, 6.45) is 2.27. The highest BCUT2D eigenvalue weighted by Crippen LogP contribution is 2.49. The Hall–Kier alpha value is -2.15. The van der Waals surface area contributed by atoms with Crippen LogP contribution in [0.25, 0.3) is 0 Å². The molecule has 0 spiro atoms. The largest absolute Gasteiger partial charge is 0.274 e. The third-order valence-electron chi connectivity index (χ3n) is 3.78. The van der Waals surface area contributed by atoms with Crippen molar-refractivity contribution < 1.29 is 9.59 Å². The van der Waals surface area contributed by atoms with Crippen molar-refractivity contribution in [1.29, 1.82) is 5.26 Å². The highest BCUT2D eigenvalue weighted by atomic mass is 16.2. The molecule has 4 nitrogen and oxygen atoms in total. The molecule has 2 aliphatic rings. The van der Waals surface area contributed by atoms with Gasteiger partial charge >= 0.3 is 0 Å². The van der Waals surface area contributed by atoms with E-state index in [0.29, 0.717) is 24.1 Å². The second kappa shape index (κ2) is 3.67. The lowest BCUT2D eigenvalue weighted by molar-refractivity contribution is 0.0621. The van der Waals surface area contributed by atoms with Crippen molar-refractivity contribution >= 4 is 11.8 Å². The molecule has 1 fully saturated rings. The lowest BCUT2D eigenvalue weighted by Gasteiger charge is -2.19. The van der Waals surface area contributed by atoms with Crippen LogP contribution in [0.15, 0.2) is 24.3 Å². The molecule has 0 atom stereocenters. The molecule has 0 saturated heterocycles. The minimum absolute atomic E-state index is 0.137. The first-order valence-corrected chi connectivity index (χ1v) is 5.99. The number of hydrogen-bond donors (Lipinski definition) is 0. The van der Waals surface area contributed by atoms with Crippen molar-refractivity contribution in [3.8, 4) is 6.07 Å². The van der Waals surface area contributed by atoms with Gasteiger partial charge in [-0.2, -0.15) is 5.26 Å². The Morgan fingerprint density at radius 3 is 2.17 bits per heavy atom. The van der Waals surface area contributed by atoms with E-state index in [-0.39, 0.29) is 17.2 Å². The maximum atomic E-state index is 12.1. The molecule has 1 aliphatic heterocycles. The highest BCUT2D eigenvalue weighted by Gasteiger charge is 2.48. The van der Waals surface area contributed by atoms with Gasteiger partial charge in [0.25, 0.3) is 11.8 Å². The Morgan fingerprint density at radius 2 is 1.72 bits per heavy atom. The fourth-order valence-electron chi connectivity index (χ4n) is 2.45. The van der Waals surface area contributed by atoms with E-state index in [0.717, 1.165) is 12.8 Å². The van der Waals surface area contributed by atoms with Gasteiger partial charge in [0.2, 0.25) is 0 Å². The Balaban J connectivity index is 1.87. The van der Waals surface area contributed by atoms with Gasteiger partial charge < -0.3 is 0 Å². The predicted octanol–water partition coefficient (Wildman–Crippen LogP) is 1.98. The third kappa shape index (κ3) is 1.52. The molecule has 2 amide bonds. The topological polar surface area (TPSA) is 61.2 Å². The van der Waals surface area contributed by atoms with Crippen LogP contribution in [-0.2, 0) is 0 Å². The van der Waals surface area contributed by atoms with Crippen LogP contribution in [0.4, 0.5) is 0 Å². The molecule has 1 aliphatic carbocycles. The number of imide groups is 1. The Bertz CT molecular complexity index is 547. The second-order valence-corrected chi connectivity index (χ2v) is 5.08. The van der Waals surface area contributed by atoms with Crippen LogP contribution in [0, 0.1) is 16.7 Å². The summed E-state index contributed by atoms with van der Waals surface area (Å²) in [5.74, 6) is -0.445. The minimum Gasteiger partial charge on any atom is -0.274 e. The zero-order valence-corrected chi connectivity index (χ0v) is 9.85. The summed E-state index contributed by atoms with van der Waals surface area (Å²) >= 11 is 0. The highest BCUT2D eigenvalue weighted by molar-refractivity contribution is 6.21. The number of carbonyl (C=O) groups is 2. The average Bonchev–Trinajstić information content (AvgIpc) is 3.10. The van der Waals surface area contributed by atoms with Gasteiger partial charge in [-0.25, -0.2) is 0 Å². The molecule has 0 N–H and O–H groups in total. The molecule has 18 heavy (non-hydrogen) atoms. The van der Waals surface area contributed by atoms with E-state index in [1.165, 1.54) is 4.90 Å². The first kappa shape index (κ1) is 11.0. The Labute approximate surface area is 105 Å². The van der Waals surface area contributed by atoms with Gasteiger partial charge in [0.1, 0.15) is 0 Å². The fourth-order valence-corrected chi connectivity index (χ4v) is 2.45.